The van der Waals surface area contributed by atoms with Gasteiger partial charge in [-0.3, -0.25) is 4.98 Å². The zero-order valence-electron chi connectivity index (χ0n) is 14.5. The van der Waals surface area contributed by atoms with Crippen LogP contribution in [0.25, 0.3) is 11.4 Å². The van der Waals surface area contributed by atoms with E-state index in [4.69, 9.17) is 16.3 Å². The molecule has 144 valence electrons. The summed E-state index contributed by atoms with van der Waals surface area (Å²) in [6.07, 6.45) is 3.02. The topological polar surface area (TPSA) is 52.8 Å². The highest BCUT2D eigenvalue weighted by Crippen LogP contribution is 2.33. The first-order valence-electron chi connectivity index (χ1n) is 7.54. The highest BCUT2D eigenvalue weighted by atomic mass is 35.5. The third-order valence-electron chi connectivity index (χ3n) is 3.75. The van der Waals surface area contributed by atoms with Crippen LogP contribution in [0.5, 0.6) is 5.75 Å². The molecule has 0 aliphatic heterocycles. The summed E-state index contributed by atoms with van der Waals surface area (Å²) in [5.74, 6) is -3.28. The Balaban J connectivity index is 0.00000261. The minimum absolute atomic E-state index is 0. The van der Waals surface area contributed by atoms with Crippen molar-refractivity contribution in [3.05, 3.63) is 58.9 Å². The van der Waals surface area contributed by atoms with Crippen LogP contribution in [-0.2, 0) is 12.6 Å². The van der Waals surface area contributed by atoms with E-state index in [1.54, 1.807) is 37.7 Å². The second-order valence-corrected chi connectivity index (χ2v) is 6.48. The Morgan fingerprint density at radius 2 is 1.74 bits per heavy atom. The molecule has 0 saturated carbocycles. The van der Waals surface area contributed by atoms with Crippen molar-refractivity contribution in [2.24, 2.45) is 7.05 Å². The Morgan fingerprint density at radius 1 is 1.11 bits per heavy atom. The quantitative estimate of drug-likeness (QED) is 0.616. The van der Waals surface area contributed by atoms with E-state index in [1.807, 2.05) is 0 Å². The number of halogens is 5. The van der Waals surface area contributed by atoms with Gasteiger partial charge in [0.05, 0.1) is 5.02 Å². The SMILES string of the molecule is Cl.Cn1c(-c2ccncc2Cl)nnc1C(C)(C)Oc1c(F)cc(F)cc1F. The van der Waals surface area contributed by atoms with Crippen LogP contribution in [0, 0.1) is 17.5 Å². The number of hydrogen-bond donors (Lipinski definition) is 0. The fraction of sp³-hybridized carbons (Fsp3) is 0.235. The van der Waals surface area contributed by atoms with E-state index in [0.717, 1.165) is 0 Å². The lowest BCUT2D eigenvalue weighted by atomic mass is 10.1. The minimum atomic E-state index is -1.26. The van der Waals surface area contributed by atoms with Gasteiger partial charge in [0.1, 0.15) is 5.82 Å². The van der Waals surface area contributed by atoms with Gasteiger partial charge < -0.3 is 9.30 Å². The first kappa shape index (κ1) is 21.0. The third kappa shape index (κ3) is 4.01. The molecule has 0 fully saturated rings. The molecular formula is C17H15Cl2F3N4O. The molecule has 0 unspecified atom stereocenters. The summed E-state index contributed by atoms with van der Waals surface area (Å²) in [6.45, 7) is 3.13. The average Bonchev–Trinajstić information content (AvgIpc) is 2.94. The van der Waals surface area contributed by atoms with Crippen LogP contribution in [0.15, 0.2) is 30.6 Å². The molecule has 0 atom stereocenters. The van der Waals surface area contributed by atoms with Crippen molar-refractivity contribution in [2.45, 2.75) is 19.4 Å². The Labute approximate surface area is 164 Å². The van der Waals surface area contributed by atoms with Crippen molar-refractivity contribution in [3.63, 3.8) is 0 Å². The van der Waals surface area contributed by atoms with Crippen LogP contribution in [0.2, 0.25) is 5.02 Å². The molecule has 2 heterocycles. The maximum atomic E-state index is 13.9. The first-order valence-corrected chi connectivity index (χ1v) is 7.92. The fourth-order valence-electron chi connectivity index (χ4n) is 2.57. The van der Waals surface area contributed by atoms with Crippen molar-refractivity contribution in [1.29, 1.82) is 0 Å². The van der Waals surface area contributed by atoms with E-state index < -0.39 is 28.8 Å². The lowest BCUT2D eigenvalue weighted by Gasteiger charge is -2.26. The summed E-state index contributed by atoms with van der Waals surface area (Å²) in [5.41, 5.74) is -0.670. The van der Waals surface area contributed by atoms with Gasteiger partial charge in [0.25, 0.3) is 0 Å². The van der Waals surface area contributed by atoms with Crippen molar-refractivity contribution in [2.75, 3.05) is 0 Å². The van der Waals surface area contributed by atoms with Crippen LogP contribution >= 0.6 is 24.0 Å². The second-order valence-electron chi connectivity index (χ2n) is 6.07. The highest BCUT2D eigenvalue weighted by molar-refractivity contribution is 6.33. The number of nitrogens with zero attached hydrogens (tertiary/aromatic N) is 4. The number of aromatic nitrogens is 4. The summed E-state index contributed by atoms with van der Waals surface area (Å²) >= 11 is 6.13. The van der Waals surface area contributed by atoms with E-state index in [1.165, 1.54) is 6.20 Å². The van der Waals surface area contributed by atoms with E-state index in [0.29, 0.717) is 34.4 Å². The van der Waals surface area contributed by atoms with Crippen LogP contribution < -0.4 is 4.74 Å². The van der Waals surface area contributed by atoms with Crippen molar-refractivity contribution < 1.29 is 17.9 Å². The third-order valence-corrected chi connectivity index (χ3v) is 4.05. The monoisotopic (exact) mass is 418 g/mol. The Bertz CT molecular complexity index is 956. The molecular weight excluding hydrogens is 404 g/mol. The number of pyridine rings is 1. The number of hydrogen-bond acceptors (Lipinski definition) is 4. The normalized spacial score (nSPS) is 11.2. The molecule has 0 radical (unpaired) electrons. The van der Waals surface area contributed by atoms with Crippen LogP contribution in [0.1, 0.15) is 19.7 Å². The van der Waals surface area contributed by atoms with Gasteiger partial charge in [-0.1, -0.05) is 11.6 Å². The smallest absolute Gasteiger partial charge is 0.192 e. The van der Waals surface area contributed by atoms with E-state index >= 15 is 0 Å². The van der Waals surface area contributed by atoms with Gasteiger partial charge in [0.2, 0.25) is 0 Å². The van der Waals surface area contributed by atoms with Gasteiger partial charge in [0, 0.05) is 37.1 Å². The Morgan fingerprint density at radius 3 is 2.33 bits per heavy atom. The molecule has 0 amide bonds. The second kappa shape index (κ2) is 7.74. The number of rotatable bonds is 4. The summed E-state index contributed by atoms with van der Waals surface area (Å²) in [5, 5.41) is 8.53. The standard InChI is InChI=1S/C17H14ClF3N4O.ClH/c1-17(2,26-14-12(20)6-9(19)7-13(14)21)16-24-23-15(25(16)3)10-4-5-22-8-11(10)18;/h4-8H,1-3H3;1H. The van der Waals surface area contributed by atoms with E-state index in [2.05, 4.69) is 15.2 Å². The zero-order valence-corrected chi connectivity index (χ0v) is 16.1. The Kier molecular flexibility index (Phi) is 6.01. The summed E-state index contributed by atoms with van der Waals surface area (Å²) < 4.78 is 48.0. The molecule has 0 aliphatic rings. The molecule has 10 heteroatoms. The minimum Gasteiger partial charge on any atom is -0.474 e. The molecule has 27 heavy (non-hydrogen) atoms. The maximum Gasteiger partial charge on any atom is 0.192 e. The van der Waals surface area contributed by atoms with Crippen LogP contribution in [0.4, 0.5) is 13.2 Å². The van der Waals surface area contributed by atoms with E-state index in [9.17, 15) is 13.2 Å². The fourth-order valence-corrected chi connectivity index (χ4v) is 2.78. The first-order chi connectivity index (χ1) is 12.2. The lowest BCUT2D eigenvalue weighted by Crippen LogP contribution is -2.30. The maximum absolute atomic E-state index is 13.9. The summed E-state index contributed by atoms with van der Waals surface area (Å²) in [6, 6.07) is 2.77. The van der Waals surface area contributed by atoms with Crippen molar-refractivity contribution >= 4 is 24.0 Å². The van der Waals surface area contributed by atoms with Gasteiger partial charge in [-0.2, -0.15) is 0 Å². The molecule has 3 aromatic rings. The molecule has 2 aromatic heterocycles. The van der Waals surface area contributed by atoms with Gasteiger partial charge in [-0.15, -0.1) is 22.6 Å². The summed E-state index contributed by atoms with van der Waals surface area (Å²) in [7, 11) is 1.67. The molecule has 0 N–H and O–H groups in total. The summed E-state index contributed by atoms with van der Waals surface area (Å²) in [4.78, 5) is 3.91. The molecule has 0 bridgehead atoms. The van der Waals surface area contributed by atoms with Crippen molar-refractivity contribution in [3.8, 4) is 17.1 Å². The molecule has 3 rings (SSSR count). The average molecular weight is 419 g/mol. The van der Waals surface area contributed by atoms with Gasteiger partial charge in [-0.25, -0.2) is 13.2 Å². The number of benzene rings is 1. The van der Waals surface area contributed by atoms with Crippen LogP contribution in [-0.4, -0.2) is 19.7 Å². The lowest BCUT2D eigenvalue weighted by molar-refractivity contribution is 0.0833. The Hall–Kier alpha value is -2.32. The largest absolute Gasteiger partial charge is 0.474 e. The zero-order chi connectivity index (χ0) is 19.1. The molecule has 0 aliphatic carbocycles. The van der Waals surface area contributed by atoms with Gasteiger partial charge in [-0.05, 0) is 19.9 Å². The predicted molar refractivity (Wildman–Crippen MR) is 96.5 cm³/mol. The molecule has 0 saturated heterocycles. The van der Waals surface area contributed by atoms with Crippen molar-refractivity contribution in [1.82, 2.24) is 19.7 Å². The van der Waals surface area contributed by atoms with Gasteiger partial charge >= 0.3 is 0 Å². The molecule has 0 spiro atoms. The van der Waals surface area contributed by atoms with E-state index in [-0.39, 0.29) is 12.4 Å². The van der Waals surface area contributed by atoms with Gasteiger partial charge in [0.15, 0.2) is 34.6 Å². The molecule has 1 aromatic carbocycles. The van der Waals surface area contributed by atoms with Crippen LogP contribution in [0.3, 0.4) is 0 Å². The highest BCUT2D eigenvalue weighted by Gasteiger charge is 2.32. The molecule has 5 nitrogen and oxygen atoms in total. The predicted octanol–water partition coefficient (Wildman–Crippen LogP) is 4.68. The number of ether oxygens (including phenoxy) is 1.